The maximum atomic E-state index is 12.9. The summed E-state index contributed by atoms with van der Waals surface area (Å²) in [6.45, 7) is 5.35. The predicted molar refractivity (Wildman–Crippen MR) is 118 cm³/mol. The molecular formula is C19H22ClN5O3S2. The molecule has 0 aliphatic carbocycles. The number of aromatic nitrogens is 3. The van der Waals surface area contributed by atoms with Gasteiger partial charge in [-0.25, -0.2) is 18.4 Å². The van der Waals surface area contributed by atoms with Crippen LogP contribution in [-0.4, -0.2) is 34.9 Å². The predicted octanol–water partition coefficient (Wildman–Crippen LogP) is 3.45. The lowest BCUT2D eigenvalue weighted by molar-refractivity contribution is -0.118. The third-order valence-corrected chi connectivity index (χ3v) is 7.13. The second-order valence-electron chi connectivity index (χ2n) is 7.08. The van der Waals surface area contributed by atoms with E-state index in [0.717, 1.165) is 16.4 Å². The zero-order chi connectivity index (χ0) is 22.1. The monoisotopic (exact) mass is 467 g/mol. The van der Waals surface area contributed by atoms with E-state index < -0.39 is 22.0 Å². The molecule has 0 saturated heterocycles. The number of hydrogen-bond donors (Lipinski definition) is 2. The van der Waals surface area contributed by atoms with Crippen LogP contribution < -0.4 is 10.0 Å². The van der Waals surface area contributed by atoms with Crippen LogP contribution in [0.15, 0.2) is 41.6 Å². The molecule has 1 amide bonds. The molecule has 3 rings (SSSR count). The highest BCUT2D eigenvalue weighted by Gasteiger charge is 2.29. The van der Waals surface area contributed by atoms with Gasteiger partial charge in [0.05, 0.1) is 15.5 Å². The number of sulfonamides is 1. The minimum absolute atomic E-state index is 0.00406. The number of nitrogens with one attached hydrogen (secondary N) is 2. The maximum absolute atomic E-state index is 12.9. The number of benzene rings is 1. The zero-order valence-electron chi connectivity index (χ0n) is 16.9. The molecule has 2 heterocycles. The van der Waals surface area contributed by atoms with Gasteiger partial charge in [-0.2, -0.15) is 4.72 Å². The van der Waals surface area contributed by atoms with E-state index in [0.29, 0.717) is 10.2 Å². The number of rotatable bonds is 7. The summed E-state index contributed by atoms with van der Waals surface area (Å²) in [6, 6.07) is 4.89. The normalized spacial score (nSPS) is 12.9. The highest BCUT2D eigenvalue weighted by Crippen LogP contribution is 2.31. The lowest BCUT2D eigenvalue weighted by Crippen LogP contribution is -2.47. The van der Waals surface area contributed by atoms with E-state index >= 15 is 0 Å². The highest BCUT2D eigenvalue weighted by atomic mass is 35.5. The van der Waals surface area contributed by atoms with Gasteiger partial charge < -0.3 is 9.88 Å². The lowest BCUT2D eigenvalue weighted by Gasteiger charge is -2.21. The minimum atomic E-state index is -3.93. The Labute approximate surface area is 184 Å². The molecule has 0 aliphatic rings. The number of hydrogen-bond acceptors (Lipinski definition) is 6. The Balaban J connectivity index is 1.81. The van der Waals surface area contributed by atoms with Gasteiger partial charge in [0.25, 0.3) is 0 Å². The summed E-state index contributed by atoms with van der Waals surface area (Å²) < 4.78 is 29.8. The molecule has 30 heavy (non-hydrogen) atoms. The van der Waals surface area contributed by atoms with Crippen LogP contribution in [0.4, 0.5) is 5.13 Å². The molecule has 0 fully saturated rings. The van der Waals surface area contributed by atoms with Crippen LogP contribution in [-0.2, 0) is 21.9 Å². The van der Waals surface area contributed by atoms with E-state index in [1.807, 2.05) is 24.7 Å². The summed E-state index contributed by atoms with van der Waals surface area (Å²) in [7, 11) is -2.06. The Morgan fingerprint density at radius 2 is 2.03 bits per heavy atom. The van der Waals surface area contributed by atoms with E-state index in [4.69, 9.17) is 11.6 Å². The number of imidazole rings is 1. The number of aryl methyl sites for hydroxylation is 2. The van der Waals surface area contributed by atoms with Crippen molar-refractivity contribution in [1.82, 2.24) is 19.3 Å². The second-order valence-corrected chi connectivity index (χ2v) is 10.2. The molecule has 1 aromatic carbocycles. The number of thiazole rings is 1. The van der Waals surface area contributed by atoms with Gasteiger partial charge in [0, 0.05) is 24.5 Å². The van der Waals surface area contributed by atoms with Crippen LogP contribution >= 0.6 is 22.9 Å². The zero-order valence-corrected chi connectivity index (χ0v) is 19.3. The molecule has 1 atom stereocenters. The molecule has 160 valence electrons. The summed E-state index contributed by atoms with van der Waals surface area (Å²) in [5.74, 6) is -0.0441. The van der Waals surface area contributed by atoms with Crippen molar-refractivity contribution in [3.8, 4) is 10.7 Å². The first-order chi connectivity index (χ1) is 14.1. The second kappa shape index (κ2) is 8.84. The van der Waals surface area contributed by atoms with Crippen LogP contribution in [0.25, 0.3) is 10.7 Å². The van der Waals surface area contributed by atoms with Crippen molar-refractivity contribution in [1.29, 1.82) is 0 Å². The summed E-state index contributed by atoms with van der Waals surface area (Å²) in [6.07, 6.45) is 3.51. The van der Waals surface area contributed by atoms with Gasteiger partial charge in [0.2, 0.25) is 15.9 Å². The van der Waals surface area contributed by atoms with E-state index in [1.165, 1.54) is 23.5 Å². The maximum Gasteiger partial charge on any atom is 0.244 e. The molecule has 8 nitrogen and oxygen atoms in total. The molecule has 0 saturated carbocycles. The Morgan fingerprint density at radius 1 is 1.30 bits per heavy atom. The van der Waals surface area contributed by atoms with Crippen LogP contribution in [0.5, 0.6) is 0 Å². The average Bonchev–Trinajstić information content (AvgIpc) is 3.24. The third kappa shape index (κ3) is 4.89. The van der Waals surface area contributed by atoms with E-state index in [2.05, 4.69) is 20.0 Å². The number of amides is 1. The molecule has 3 aromatic rings. The van der Waals surface area contributed by atoms with Crippen molar-refractivity contribution < 1.29 is 13.2 Å². The Bertz CT molecular complexity index is 1170. The lowest BCUT2D eigenvalue weighted by atomic mass is 10.1. The number of nitrogens with zero attached hydrogens (tertiary/aromatic N) is 3. The van der Waals surface area contributed by atoms with Crippen LogP contribution in [0, 0.1) is 12.8 Å². The van der Waals surface area contributed by atoms with Crippen molar-refractivity contribution in [2.75, 3.05) is 5.32 Å². The van der Waals surface area contributed by atoms with Crippen molar-refractivity contribution in [2.24, 2.45) is 13.0 Å². The SMILES string of the molecule is Cc1nc(NC(=O)[C@@H](NS(=O)(=O)c2cccc(Cl)c2)C(C)C)sc1-c1nccn1C. The van der Waals surface area contributed by atoms with Gasteiger partial charge in [-0.3, -0.25) is 4.79 Å². The molecule has 0 bridgehead atoms. The molecule has 0 radical (unpaired) electrons. The molecule has 0 unspecified atom stereocenters. The molecule has 11 heteroatoms. The quantitative estimate of drug-likeness (QED) is 0.553. The smallest absolute Gasteiger partial charge is 0.244 e. The number of anilines is 1. The topological polar surface area (TPSA) is 106 Å². The van der Waals surface area contributed by atoms with Gasteiger partial charge in [0.1, 0.15) is 6.04 Å². The summed E-state index contributed by atoms with van der Waals surface area (Å²) in [5.41, 5.74) is 0.727. The molecule has 0 spiro atoms. The Hall–Kier alpha value is -2.27. The summed E-state index contributed by atoms with van der Waals surface area (Å²) in [5, 5.41) is 3.40. The van der Waals surface area contributed by atoms with Crippen LogP contribution in [0.3, 0.4) is 0 Å². The van der Waals surface area contributed by atoms with Gasteiger partial charge in [-0.15, -0.1) is 0 Å². The fraction of sp³-hybridized carbons (Fsp3) is 0.316. The van der Waals surface area contributed by atoms with Gasteiger partial charge >= 0.3 is 0 Å². The van der Waals surface area contributed by atoms with E-state index in [9.17, 15) is 13.2 Å². The molecular weight excluding hydrogens is 446 g/mol. The first-order valence-electron chi connectivity index (χ1n) is 9.12. The molecule has 2 aromatic heterocycles. The average molecular weight is 468 g/mol. The van der Waals surface area contributed by atoms with Gasteiger partial charge in [-0.1, -0.05) is 42.9 Å². The fourth-order valence-corrected chi connectivity index (χ4v) is 5.44. The van der Waals surface area contributed by atoms with Crippen LogP contribution in [0.2, 0.25) is 5.02 Å². The van der Waals surface area contributed by atoms with Crippen molar-refractivity contribution in [3.05, 3.63) is 47.4 Å². The van der Waals surface area contributed by atoms with Crippen molar-refractivity contribution in [3.63, 3.8) is 0 Å². The summed E-state index contributed by atoms with van der Waals surface area (Å²) >= 11 is 7.19. The first kappa shape index (κ1) is 22.4. The Morgan fingerprint density at radius 3 is 2.63 bits per heavy atom. The van der Waals surface area contributed by atoms with Gasteiger partial charge in [-0.05, 0) is 31.0 Å². The van der Waals surface area contributed by atoms with Crippen molar-refractivity contribution in [2.45, 2.75) is 31.7 Å². The van der Waals surface area contributed by atoms with Crippen molar-refractivity contribution >= 4 is 44.0 Å². The largest absolute Gasteiger partial charge is 0.333 e. The standard InChI is InChI=1S/C19H22ClN5O3S2/c1-11(2)15(24-30(27,28)14-7-5-6-13(20)10-14)18(26)23-19-22-12(3)16(29-19)17-21-8-9-25(17)4/h5-11,15,24H,1-4H3,(H,22,23,26)/t15-/m0/s1. The number of carbonyl (C=O) groups is 1. The molecule has 0 aliphatic heterocycles. The highest BCUT2D eigenvalue weighted by molar-refractivity contribution is 7.89. The number of halogens is 1. The fourth-order valence-electron chi connectivity index (χ4n) is 2.79. The minimum Gasteiger partial charge on any atom is -0.333 e. The summed E-state index contributed by atoms with van der Waals surface area (Å²) in [4.78, 5) is 22.4. The first-order valence-corrected chi connectivity index (χ1v) is 11.8. The van der Waals surface area contributed by atoms with Crippen LogP contribution in [0.1, 0.15) is 19.5 Å². The molecule has 2 N–H and O–H groups in total. The van der Waals surface area contributed by atoms with Gasteiger partial charge in [0.15, 0.2) is 11.0 Å². The number of carbonyl (C=O) groups excluding carboxylic acids is 1. The van der Waals surface area contributed by atoms with E-state index in [1.54, 1.807) is 32.2 Å². The Kier molecular flexibility index (Phi) is 6.61. The third-order valence-electron chi connectivity index (χ3n) is 4.39. The van der Waals surface area contributed by atoms with E-state index in [-0.39, 0.29) is 10.8 Å².